The molecular formula is C11H9BrFN3OS. The second kappa shape index (κ2) is 5.55. The van der Waals surface area contributed by atoms with Gasteiger partial charge in [0.2, 0.25) is 0 Å². The summed E-state index contributed by atoms with van der Waals surface area (Å²) in [6.45, 7) is 0.279. The van der Waals surface area contributed by atoms with Crippen LogP contribution in [-0.2, 0) is 6.54 Å². The Hall–Kier alpha value is -1.31. The summed E-state index contributed by atoms with van der Waals surface area (Å²) in [6.07, 6.45) is 0. The molecule has 0 atom stereocenters. The zero-order chi connectivity index (χ0) is 13.1. The van der Waals surface area contributed by atoms with Crippen molar-refractivity contribution < 1.29 is 9.18 Å². The fourth-order valence-corrected chi connectivity index (χ4v) is 2.40. The van der Waals surface area contributed by atoms with E-state index in [-0.39, 0.29) is 17.9 Å². The molecule has 0 bridgehead atoms. The van der Waals surface area contributed by atoms with Crippen LogP contribution in [0.15, 0.2) is 28.1 Å². The van der Waals surface area contributed by atoms with Crippen molar-refractivity contribution >= 4 is 38.9 Å². The number of amides is 1. The molecule has 2 aromatic rings. The van der Waals surface area contributed by atoms with E-state index in [2.05, 4.69) is 26.2 Å². The van der Waals surface area contributed by atoms with Gasteiger partial charge in [0.25, 0.3) is 5.91 Å². The third-order valence-electron chi connectivity index (χ3n) is 2.16. The summed E-state index contributed by atoms with van der Waals surface area (Å²) in [6, 6.07) is 4.46. The normalized spacial score (nSPS) is 10.4. The molecule has 0 spiro atoms. The molecule has 2 rings (SSSR count). The lowest BCUT2D eigenvalue weighted by Gasteiger charge is -2.06. The van der Waals surface area contributed by atoms with Crippen molar-refractivity contribution in [1.29, 1.82) is 0 Å². The van der Waals surface area contributed by atoms with E-state index < -0.39 is 11.7 Å². The van der Waals surface area contributed by atoms with Crippen molar-refractivity contribution in [1.82, 2.24) is 4.98 Å². The fraction of sp³-hybridized carbons (Fsp3) is 0.0909. The Labute approximate surface area is 115 Å². The highest BCUT2D eigenvalue weighted by atomic mass is 79.9. The minimum absolute atomic E-state index is 0.102. The molecule has 1 aromatic heterocycles. The minimum atomic E-state index is -0.507. The van der Waals surface area contributed by atoms with Crippen LogP contribution in [-0.4, -0.2) is 10.9 Å². The van der Waals surface area contributed by atoms with Crippen molar-refractivity contribution in [3.05, 3.63) is 44.6 Å². The summed E-state index contributed by atoms with van der Waals surface area (Å²) >= 11 is 4.47. The van der Waals surface area contributed by atoms with E-state index in [0.29, 0.717) is 9.48 Å². The number of nitrogens with zero attached hydrogens (tertiary/aromatic N) is 1. The SMILES string of the molecule is NCc1nc(C(=O)Nc2c(F)cccc2Br)cs1. The summed E-state index contributed by atoms with van der Waals surface area (Å²) in [4.78, 5) is 15.9. The van der Waals surface area contributed by atoms with Gasteiger partial charge < -0.3 is 11.1 Å². The number of nitrogens with two attached hydrogens (primary N) is 1. The number of hydrogen-bond donors (Lipinski definition) is 2. The monoisotopic (exact) mass is 329 g/mol. The Morgan fingerprint density at radius 3 is 2.94 bits per heavy atom. The first-order valence-electron chi connectivity index (χ1n) is 5.01. The summed E-state index contributed by atoms with van der Waals surface area (Å²) in [7, 11) is 0. The highest BCUT2D eigenvalue weighted by Crippen LogP contribution is 2.25. The van der Waals surface area contributed by atoms with Crippen molar-refractivity contribution in [3.8, 4) is 0 Å². The van der Waals surface area contributed by atoms with Crippen LogP contribution >= 0.6 is 27.3 Å². The number of aromatic nitrogens is 1. The van der Waals surface area contributed by atoms with Gasteiger partial charge in [-0.05, 0) is 28.1 Å². The molecule has 4 nitrogen and oxygen atoms in total. The van der Waals surface area contributed by atoms with Crippen LogP contribution < -0.4 is 11.1 Å². The van der Waals surface area contributed by atoms with Crippen LogP contribution in [0.25, 0.3) is 0 Å². The maximum absolute atomic E-state index is 13.5. The average molecular weight is 330 g/mol. The van der Waals surface area contributed by atoms with E-state index in [0.717, 1.165) is 0 Å². The number of carbonyl (C=O) groups excluding carboxylic acids is 1. The highest BCUT2D eigenvalue weighted by molar-refractivity contribution is 9.10. The molecule has 94 valence electrons. The lowest BCUT2D eigenvalue weighted by molar-refractivity contribution is 0.102. The summed E-state index contributed by atoms with van der Waals surface area (Å²) in [5.74, 6) is -0.969. The maximum Gasteiger partial charge on any atom is 0.275 e. The highest BCUT2D eigenvalue weighted by Gasteiger charge is 2.14. The second-order valence-electron chi connectivity index (χ2n) is 3.38. The fourth-order valence-electron chi connectivity index (χ4n) is 1.30. The smallest absolute Gasteiger partial charge is 0.275 e. The number of para-hydroxylation sites is 1. The van der Waals surface area contributed by atoms with E-state index in [1.807, 2.05) is 0 Å². The topological polar surface area (TPSA) is 68.0 Å². The number of halogens is 2. The lowest BCUT2D eigenvalue weighted by Crippen LogP contribution is -2.14. The number of rotatable bonds is 3. The Bertz CT molecular complexity index is 567. The van der Waals surface area contributed by atoms with Gasteiger partial charge in [-0.25, -0.2) is 9.37 Å². The van der Waals surface area contributed by atoms with Crippen LogP contribution in [0, 0.1) is 5.82 Å². The molecule has 3 N–H and O–H groups in total. The molecule has 0 aliphatic carbocycles. The van der Waals surface area contributed by atoms with Gasteiger partial charge in [-0.3, -0.25) is 4.79 Å². The number of carbonyl (C=O) groups is 1. The molecule has 0 radical (unpaired) electrons. The zero-order valence-corrected chi connectivity index (χ0v) is 11.5. The summed E-state index contributed by atoms with van der Waals surface area (Å²) < 4.78 is 14.0. The zero-order valence-electron chi connectivity index (χ0n) is 9.11. The minimum Gasteiger partial charge on any atom is -0.325 e. The number of benzene rings is 1. The van der Waals surface area contributed by atoms with Gasteiger partial charge in [-0.15, -0.1) is 11.3 Å². The number of hydrogen-bond acceptors (Lipinski definition) is 4. The standard InChI is InChI=1S/C11H9BrFN3OS/c12-6-2-1-3-7(13)10(6)16-11(17)8-5-18-9(4-14)15-8/h1-3,5H,4,14H2,(H,16,17). The van der Waals surface area contributed by atoms with E-state index in [9.17, 15) is 9.18 Å². The van der Waals surface area contributed by atoms with Crippen LogP contribution in [0.3, 0.4) is 0 Å². The Morgan fingerprint density at radius 2 is 2.33 bits per heavy atom. The quantitative estimate of drug-likeness (QED) is 0.909. The van der Waals surface area contributed by atoms with Crippen LogP contribution in [0.2, 0.25) is 0 Å². The molecule has 0 aliphatic rings. The van der Waals surface area contributed by atoms with E-state index in [1.165, 1.54) is 17.4 Å². The molecular weight excluding hydrogens is 321 g/mol. The maximum atomic E-state index is 13.5. The van der Waals surface area contributed by atoms with Gasteiger partial charge in [0.1, 0.15) is 16.5 Å². The Morgan fingerprint density at radius 1 is 1.56 bits per heavy atom. The Kier molecular flexibility index (Phi) is 4.05. The van der Waals surface area contributed by atoms with Crippen molar-refractivity contribution in [2.75, 3.05) is 5.32 Å². The van der Waals surface area contributed by atoms with E-state index >= 15 is 0 Å². The molecule has 0 unspecified atom stereocenters. The lowest BCUT2D eigenvalue weighted by atomic mass is 10.3. The first-order valence-corrected chi connectivity index (χ1v) is 6.69. The summed E-state index contributed by atoms with van der Waals surface area (Å²) in [5, 5.41) is 4.72. The number of thiazole rings is 1. The van der Waals surface area contributed by atoms with Gasteiger partial charge in [0, 0.05) is 16.4 Å². The molecule has 0 saturated heterocycles. The molecule has 1 heterocycles. The molecule has 0 aliphatic heterocycles. The first kappa shape index (κ1) is 13.1. The molecule has 0 fully saturated rings. The molecule has 1 aromatic carbocycles. The predicted octanol–water partition coefficient (Wildman–Crippen LogP) is 2.76. The Balaban J connectivity index is 2.21. The molecule has 7 heteroatoms. The molecule has 0 saturated carbocycles. The van der Waals surface area contributed by atoms with Crippen LogP contribution in [0.1, 0.15) is 15.5 Å². The van der Waals surface area contributed by atoms with Crippen molar-refractivity contribution in [3.63, 3.8) is 0 Å². The summed E-state index contributed by atoms with van der Waals surface area (Å²) in [5.41, 5.74) is 5.75. The van der Waals surface area contributed by atoms with Crippen molar-refractivity contribution in [2.45, 2.75) is 6.54 Å². The van der Waals surface area contributed by atoms with Crippen molar-refractivity contribution in [2.24, 2.45) is 5.73 Å². The van der Waals surface area contributed by atoms with Gasteiger partial charge in [-0.1, -0.05) is 6.07 Å². The van der Waals surface area contributed by atoms with Gasteiger partial charge >= 0.3 is 0 Å². The predicted molar refractivity (Wildman–Crippen MR) is 72.1 cm³/mol. The van der Waals surface area contributed by atoms with Gasteiger partial charge in [-0.2, -0.15) is 0 Å². The van der Waals surface area contributed by atoms with Gasteiger partial charge in [0.15, 0.2) is 0 Å². The second-order valence-corrected chi connectivity index (χ2v) is 5.18. The molecule has 18 heavy (non-hydrogen) atoms. The average Bonchev–Trinajstić information content (AvgIpc) is 2.82. The molecule has 1 amide bonds. The van der Waals surface area contributed by atoms with E-state index in [1.54, 1.807) is 17.5 Å². The number of nitrogens with one attached hydrogen (secondary N) is 1. The largest absolute Gasteiger partial charge is 0.325 e. The number of anilines is 1. The third kappa shape index (κ3) is 2.74. The van der Waals surface area contributed by atoms with Gasteiger partial charge in [0.05, 0.1) is 5.69 Å². The van der Waals surface area contributed by atoms with Crippen LogP contribution in [0.4, 0.5) is 10.1 Å². The van der Waals surface area contributed by atoms with Crippen LogP contribution in [0.5, 0.6) is 0 Å². The first-order chi connectivity index (χ1) is 8.61. The third-order valence-corrected chi connectivity index (χ3v) is 3.69. The van der Waals surface area contributed by atoms with E-state index in [4.69, 9.17) is 5.73 Å².